The normalized spacial score (nSPS) is 10.4. The molecular formula is C12H10BrFN2OS. The van der Waals surface area contributed by atoms with Crippen LogP contribution in [0.1, 0.15) is 23.0 Å². The van der Waals surface area contributed by atoms with Crippen LogP contribution in [-0.4, -0.2) is 10.2 Å². The first-order valence-electron chi connectivity index (χ1n) is 5.19. The summed E-state index contributed by atoms with van der Waals surface area (Å²) in [5, 5.41) is 3.49. The molecule has 0 spiro atoms. The molecule has 0 aliphatic rings. The molecule has 94 valence electrons. The summed E-state index contributed by atoms with van der Waals surface area (Å²) < 4.78 is 18.4. The van der Waals surface area contributed by atoms with Crippen LogP contribution < -0.4 is 5.32 Å². The summed E-state index contributed by atoms with van der Waals surface area (Å²) in [5.74, 6) is -0.471. The number of benzene rings is 1. The third kappa shape index (κ3) is 2.44. The lowest BCUT2D eigenvalue weighted by Crippen LogP contribution is -2.00. The van der Waals surface area contributed by atoms with E-state index in [1.165, 1.54) is 13.0 Å². The molecule has 0 bridgehead atoms. The number of nitrogens with one attached hydrogen (secondary N) is 1. The minimum atomic E-state index is -0.384. The van der Waals surface area contributed by atoms with Gasteiger partial charge in [0, 0.05) is 4.47 Å². The van der Waals surface area contributed by atoms with Crippen molar-refractivity contribution in [1.29, 1.82) is 0 Å². The number of carbonyl (C=O) groups is 1. The predicted octanol–water partition coefficient (Wildman–Crippen LogP) is 4.30. The summed E-state index contributed by atoms with van der Waals surface area (Å²) in [6.45, 7) is 3.23. The Labute approximate surface area is 116 Å². The highest BCUT2D eigenvalue weighted by molar-refractivity contribution is 9.10. The molecule has 0 unspecified atom stereocenters. The molecule has 0 radical (unpaired) electrons. The second-order valence-corrected chi connectivity index (χ2v) is 5.38. The number of nitrogens with zero attached hydrogens (tertiary/aromatic N) is 1. The quantitative estimate of drug-likeness (QED) is 0.854. The Bertz CT molecular complexity index is 592. The van der Waals surface area contributed by atoms with Crippen molar-refractivity contribution in [3.8, 4) is 0 Å². The van der Waals surface area contributed by atoms with Gasteiger partial charge >= 0.3 is 0 Å². The minimum Gasteiger partial charge on any atom is -0.342 e. The Morgan fingerprint density at radius 3 is 2.83 bits per heavy atom. The lowest BCUT2D eigenvalue weighted by Gasteiger charge is -2.08. The van der Waals surface area contributed by atoms with E-state index in [-0.39, 0.29) is 11.6 Å². The van der Waals surface area contributed by atoms with Crippen LogP contribution in [0.25, 0.3) is 0 Å². The molecule has 1 N–H and O–H groups in total. The molecule has 2 rings (SSSR count). The molecular weight excluding hydrogens is 319 g/mol. The minimum absolute atomic E-state index is 0.0868. The molecule has 0 saturated carbocycles. The number of rotatable bonds is 3. The van der Waals surface area contributed by atoms with Crippen molar-refractivity contribution >= 4 is 43.9 Å². The van der Waals surface area contributed by atoms with E-state index in [2.05, 4.69) is 25.6 Å². The van der Waals surface area contributed by atoms with E-state index in [0.717, 1.165) is 11.5 Å². The van der Waals surface area contributed by atoms with Crippen molar-refractivity contribution in [2.75, 3.05) is 5.32 Å². The Hall–Kier alpha value is -1.27. The Balaban J connectivity index is 2.44. The fraction of sp³-hybridized carbons (Fsp3) is 0.167. The maximum Gasteiger partial charge on any atom is 0.164 e. The first kappa shape index (κ1) is 13.2. The number of hydrogen-bond acceptors (Lipinski definition) is 4. The lowest BCUT2D eigenvalue weighted by molar-refractivity contribution is 0.101. The number of hydrogen-bond donors (Lipinski definition) is 1. The molecule has 1 heterocycles. The van der Waals surface area contributed by atoms with E-state index >= 15 is 0 Å². The van der Waals surface area contributed by atoms with E-state index in [1.807, 2.05) is 0 Å². The fourth-order valence-corrected chi connectivity index (χ4v) is 2.89. The molecule has 0 aliphatic carbocycles. The molecule has 0 amide bonds. The second-order valence-electron chi connectivity index (χ2n) is 3.75. The van der Waals surface area contributed by atoms with Gasteiger partial charge in [0.2, 0.25) is 0 Å². The molecule has 18 heavy (non-hydrogen) atoms. The maximum atomic E-state index is 13.7. The molecule has 1 aromatic carbocycles. The van der Waals surface area contributed by atoms with Crippen molar-refractivity contribution < 1.29 is 9.18 Å². The van der Waals surface area contributed by atoms with E-state index in [9.17, 15) is 9.18 Å². The number of carbonyl (C=O) groups excluding carboxylic acids is 1. The number of anilines is 2. The summed E-state index contributed by atoms with van der Waals surface area (Å²) in [6, 6.07) is 4.69. The summed E-state index contributed by atoms with van der Waals surface area (Å²) in [7, 11) is 0. The number of aromatic nitrogens is 1. The van der Waals surface area contributed by atoms with E-state index < -0.39 is 0 Å². The fourth-order valence-electron chi connectivity index (χ4n) is 1.60. The summed E-state index contributed by atoms with van der Waals surface area (Å²) in [5.41, 5.74) is 1.47. The second kappa shape index (κ2) is 5.16. The summed E-state index contributed by atoms with van der Waals surface area (Å²) in [4.78, 5) is 11.5. The van der Waals surface area contributed by atoms with Gasteiger partial charge in [0.1, 0.15) is 10.8 Å². The largest absolute Gasteiger partial charge is 0.342 e. The summed E-state index contributed by atoms with van der Waals surface area (Å²) >= 11 is 4.42. The number of halogens is 2. The number of para-hydroxylation sites is 1. The number of Topliss-reactive ketones (excluding diaryl/α,β-unsaturated/α-hetero) is 1. The average molecular weight is 329 g/mol. The van der Waals surface area contributed by atoms with E-state index in [4.69, 9.17) is 0 Å². The molecule has 0 fully saturated rings. The third-order valence-electron chi connectivity index (χ3n) is 2.42. The average Bonchev–Trinajstić information content (AvgIpc) is 2.65. The van der Waals surface area contributed by atoms with Gasteiger partial charge in [-0.15, -0.1) is 0 Å². The van der Waals surface area contributed by atoms with Gasteiger partial charge in [0.25, 0.3) is 0 Å². The Kier molecular flexibility index (Phi) is 3.77. The monoisotopic (exact) mass is 328 g/mol. The first-order chi connectivity index (χ1) is 8.50. The van der Waals surface area contributed by atoms with Gasteiger partial charge in [0.15, 0.2) is 5.78 Å². The van der Waals surface area contributed by atoms with Crippen molar-refractivity contribution in [2.45, 2.75) is 13.8 Å². The van der Waals surface area contributed by atoms with Crippen LogP contribution in [0.3, 0.4) is 0 Å². The number of aryl methyl sites for hydroxylation is 1. The highest BCUT2D eigenvalue weighted by Gasteiger charge is 2.17. The van der Waals surface area contributed by atoms with Crippen LogP contribution in [0.5, 0.6) is 0 Å². The van der Waals surface area contributed by atoms with Gasteiger partial charge in [-0.3, -0.25) is 4.79 Å². The topological polar surface area (TPSA) is 42.0 Å². The molecule has 0 aliphatic heterocycles. The highest BCUT2D eigenvalue weighted by atomic mass is 79.9. The van der Waals surface area contributed by atoms with Gasteiger partial charge in [-0.25, -0.2) is 4.39 Å². The number of ketones is 1. The zero-order chi connectivity index (χ0) is 13.3. The van der Waals surface area contributed by atoms with E-state index in [0.29, 0.717) is 26.4 Å². The van der Waals surface area contributed by atoms with Crippen molar-refractivity contribution in [3.05, 3.63) is 39.7 Å². The van der Waals surface area contributed by atoms with E-state index in [1.54, 1.807) is 19.1 Å². The maximum absolute atomic E-state index is 13.7. The van der Waals surface area contributed by atoms with Crippen LogP contribution in [0.2, 0.25) is 0 Å². The van der Waals surface area contributed by atoms with Crippen LogP contribution in [-0.2, 0) is 0 Å². The molecule has 1 aromatic heterocycles. The SMILES string of the molecule is CC(=O)c1c(C)nsc1Nc1c(F)cccc1Br. The standard InChI is InChI=1S/C12H10BrFN2OS/c1-6-10(7(2)17)12(18-16-6)15-11-8(13)4-3-5-9(11)14/h3-5,15H,1-2H3. The zero-order valence-electron chi connectivity index (χ0n) is 9.75. The lowest BCUT2D eigenvalue weighted by atomic mass is 10.2. The van der Waals surface area contributed by atoms with Crippen LogP contribution in [0, 0.1) is 12.7 Å². The highest BCUT2D eigenvalue weighted by Crippen LogP contribution is 2.33. The Morgan fingerprint density at radius 2 is 2.22 bits per heavy atom. The smallest absolute Gasteiger partial charge is 0.164 e. The molecule has 6 heteroatoms. The molecule has 0 atom stereocenters. The molecule has 2 aromatic rings. The van der Waals surface area contributed by atoms with Crippen molar-refractivity contribution in [2.24, 2.45) is 0 Å². The van der Waals surface area contributed by atoms with Gasteiger partial charge in [-0.05, 0) is 53.4 Å². The van der Waals surface area contributed by atoms with Gasteiger partial charge < -0.3 is 5.32 Å². The molecule has 0 saturated heterocycles. The Morgan fingerprint density at radius 1 is 1.50 bits per heavy atom. The van der Waals surface area contributed by atoms with Gasteiger partial charge in [0.05, 0.1) is 16.9 Å². The van der Waals surface area contributed by atoms with Crippen molar-refractivity contribution in [3.63, 3.8) is 0 Å². The van der Waals surface area contributed by atoms with Crippen LogP contribution in [0.4, 0.5) is 15.1 Å². The van der Waals surface area contributed by atoms with Crippen LogP contribution >= 0.6 is 27.5 Å². The van der Waals surface area contributed by atoms with Gasteiger partial charge in [-0.2, -0.15) is 4.37 Å². The van der Waals surface area contributed by atoms with Gasteiger partial charge in [-0.1, -0.05) is 6.07 Å². The predicted molar refractivity (Wildman–Crippen MR) is 74.2 cm³/mol. The first-order valence-corrected chi connectivity index (χ1v) is 6.75. The van der Waals surface area contributed by atoms with Crippen LogP contribution in [0.15, 0.2) is 22.7 Å². The summed E-state index contributed by atoms with van der Waals surface area (Å²) in [6.07, 6.45) is 0. The molecule has 3 nitrogen and oxygen atoms in total. The zero-order valence-corrected chi connectivity index (χ0v) is 12.2. The van der Waals surface area contributed by atoms with Crippen molar-refractivity contribution in [1.82, 2.24) is 4.37 Å². The third-order valence-corrected chi connectivity index (χ3v) is 3.93.